The maximum absolute atomic E-state index is 13.5. The van der Waals surface area contributed by atoms with Gasteiger partial charge in [0.25, 0.3) is 6.43 Å². The lowest BCUT2D eigenvalue weighted by molar-refractivity contribution is 0.146. The number of alkyl halides is 2. The van der Waals surface area contributed by atoms with E-state index in [1.54, 1.807) is 28.4 Å². The molecule has 0 fully saturated rings. The predicted octanol–water partition coefficient (Wildman–Crippen LogP) is 4.99. The van der Waals surface area contributed by atoms with E-state index >= 15 is 0 Å². The molecular weight excluding hydrogens is 361 g/mol. The zero-order chi connectivity index (χ0) is 18.3. The third-order valence-corrected chi connectivity index (χ3v) is 4.96. The normalized spacial score (nSPS) is 11.6. The monoisotopic (exact) mass is 374 g/mol. The van der Waals surface area contributed by atoms with Crippen molar-refractivity contribution in [1.82, 2.24) is 19.7 Å². The summed E-state index contributed by atoms with van der Waals surface area (Å²) in [6, 6.07) is 5.50. The van der Waals surface area contributed by atoms with Gasteiger partial charge in [-0.05, 0) is 30.7 Å². The molecule has 0 saturated heterocycles. The average Bonchev–Trinajstić information content (AvgIpc) is 3.21. The summed E-state index contributed by atoms with van der Waals surface area (Å²) in [5, 5.41) is 7.22. The van der Waals surface area contributed by atoms with Crippen LogP contribution in [0.5, 0.6) is 0 Å². The zero-order valence-electron chi connectivity index (χ0n) is 13.7. The summed E-state index contributed by atoms with van der Waals surface area (Å²) in [6.07, 6.45) is 0.351. The van der Waals surface area contributed by atoms with E-state index in [0.717, 1.165) is 28.4 Å². The molecule has 0 N–H and O–H groups in total. The van der Waals surface area contributed by atoms with E-state index in [9.17, 15) is 13.2 Å². The van der Waals surface area contributed by atoms with E-state index < -0.39 is 17.8 Å². The van der Waals surface area contributed by atoms with E-state index in [-0.39, 0.29) is 0 Å². The third-order valence-electron chi connectivity index (χ3n) is 4.01. The molecule has 0 unspecified atom stereocenters. The van der Waals surface area contributed by atoms with Crippen LogP contribution in [0.15, 0.2) is 42.0 Å². The molecule has 132 valence electrons. The first kappa shape index (κ1) is 16.7. The molecular formula is C18H13F3N4S. The molecule has 0 aliphatic heterocycles. The van der Waals surface area contributed by atoms with Gasteiger partial charge in [0, 0.05) is 22.8 Å². The molecule has 26 heavy (non-hydrogen) atoms. The Bertz CT molecular complexity index is 1090. The van der Waals surface area contributed by atoms with Crippen LogP contribution in [0.25, 0.3) is 22.2 Å². The smallest absolute Gasteiger partial charge is 0.256 e. The molecule has 0 amide bonds. The summed E-state index contributed by atoms with van der Waals surface area (Å²) in [5.41, 5.74) is 2.89. The summed E-state index contributed by atoms with van der Waals surface area (Å²) >= 11 is 1.55. The van der Waals surface area contributed by atoms with Gasteiger partial charge in [-0.3, -0.25) is 9.67 Å². The molecule has 0 saturated carbocycles. The Hall–Kier alpha value is -2.74. The Labute approximate surface area is 151 Å². The summed E-state index contributed by atoms with van der Waals surface area (Å²) < 4.78 is 41.2. The lowest BCUT2D eigenvalue weighted by Gasteiger charge is -2.07. The number of benzene rings is 1. The molecule has 4 rings (SSSR count). The number of aryl methyl sites for hydroxylation is 1. The number of hydrogen-bond acceptors (Lipinski definition) is 4. The van der Waals surface area contributed by atoms with Gasteiger partial charge in [0.1, 0.15) is 16.3 Å². The number of pyridine rings is 1. The van der Waals surface area contributed by atoms with Crippen LogP contribution in [0.1, 0.15) is 22.7 Å². The summed E-state index contributed by atoms with van der Waals surface area (Å²) in [6.45, 7) is 2.43. The standard InChI is InChI=1S/C18H13F3N4S/c1-10-9-26-17(24-10)8-25-16-5-12(6-22-15(16)7-23-25)11-2-3-14(19)13(4-11)18(20)21/h2-7,9,18H,8H2,1H3. The second-order valence-electron chi connectivity index (χ2n) is 5.85. The van der Waals surface area contributed by atoms with Crippen molar-refractivity contribution in [1.29, 1.82) is 0 Å². The minimum Gasteiger partial charge on any atom is -0.256 e. The molecule has 1 aromatic carbocycles. The van der Waals surface area contributed by atoms with Gasteiger partial charge in [-0.1, -0.05) is 6.07 Å². The molecule has 0 spiro atoms. The highest BCUT2D eigenvalue weighted by Crippen LogP contribution is 2.29. The van der Waals surface area contributed by atoms with Crippen molar-refractivity contribution >= 4 is 22.4 Å². The van der Waals surface area contributed by atoms with Crippen LogP contribution < -0.4 is 0 Å². The Balaban J connectivity index is 1.75. The van der Waals surface area contributed by atoms with Gasteiger partial charge in [0.15, 0.2) is 0 Å². The third kappa shape index (κ3) is 3.08. The second-order valence-corrected chi connectivity index (χ2v) is 6.79. The topological polar surface area (TPSA) is 43.6 Å². The molecule has 0 radical (unpaired) electrons. The summed E-state index contributed by atoms with van der Waals surface area (Å²) in [5.74, 6) is -0.915. The highest BCUT2D eigenvalue weighted by Gasteiger charge is 2.15. The molecule has 0 aliphatic carbocycles. The molecule has 0 bridgehead atoms. The second kappa shape index (κ2) is 6.53. The minimum absolute atomic E-state index is 0.481. The molecule has 4 aromatic rings. The van der Waals surface area contributed by atoms with Gasteiger partial charge in [-0.15, -0.1) is 11.3 Å². The first-order valence-corrected chi connectivity index (χ1v) is 8.70. The van der Waals surface area contributed by atoms with Crippen molar-refractivity contribution in [3.05, 3.63) is 64.1 Å². The first-order chi connectivity index (χ1) is 12.5. The Kier molecular flexibility index (Phi) is 4.20. The van der Waals surface area contributed by atoms with Crippen LogP contribution in [0.4, 0.5) is 13.2 Å². The largest absolute Gasteiger partial charge is 0.266 e. The van der Waals surface area contributed by atoms with E-state index in [0.29, 0.717) is 23.2 Å². The Morgan fingerprint density at radius 2 is 2.00 bits per heavy atom. The van der Waals surface area contributed by atoms with Gasteiger partial charge >= 0.3 is 0 Å². The number of halogens is 3. The van der Waals surface area contributed by atoms with E-state index in [1.807, 2.05) is 18.4 Å². The van der Waals surface area contributed by atoms with Gasteiger partial charge in [-0.25, -0.2) is 18.2 Å². The fraction of sp³-hybridized carbons (Fsp3) is 0.167. The highest BCUT2D eigenvalue weighted by atomic mass is 32.1. The van der Waals surface area contributed by atoms with E-state index in [1.165, 1.54) is 6.07 Å². The van der Waals surface area contributed by atoms with Crippen LogP contribution in [0.2, 0.25) is 0 Å². The number of hydrogen-bond donors (Lipinski definition) is 0. The molecule has 3 aromatic heterocycles. The van der Waals surface area contributed by atoms with Crippen LogP contribution in [0, 0.1) is 12.7 Å². The quantitative estimate of drug-likeness (QED) is 0.506. The van der Waals surface area contributed by atoms with Crippen LogP contribution in [-0.4, -0.2) is 19.7 Å². The molecule has 0 aliphatic rings. The van der Waals surface area contributed by atoms with Crippen LogP contribution in [-0.2, 0) is 6.54 Å². The lowest BCUT2D eigenvalue weighted by atomic mass is 10.0. The van der Waals surface area contributed by atoms with Crippen molar-refractivity contribution < 1.29 is 13.2 Å². The fourth-order valence-electron chi connectivity index (χ4n) is 2.73. The summed E-state index contributed by atoms with van der Waals surface area (Å²) in [4.78, 5) is 8.77. The fourth-order valence-corrected chi connectivity index (χ4v) is 3.49. The molecule has 0 atom stereocenters. The minimum atomic E-state index is -2.87. The average molecular weight is 374 g/mol. The molecule has 3 heterocycles. The van der Waals surface area contributed by atoms with E-state index in [4.69, 9.17) is 0 Å². The van der Waals surface area contributed by atoms with Gasteiger partial charge in [-0.2, -0.15) is 5.10 Å². The molecule has 4 nitrogen and oxygen atoms in total. The van der Waals surface area contributed by atoms with Gasteiger partial charge in [0.2, 0.25) is 0 Å². The number of aromatic nitrogens is 4. The highest BCUT2D eigenvalue weighted by molar-refractivity contribution is 7.09. The van der Waals surface area contributed by atoms with Crippen molar-refractivity contribution in [3.8, 4) is 11.1 Å². The summed E-state index contributed by atoms with van der Waals surface area (Å²) in [7, 11) is 0. The lowest BCUT2D eigenvalue weighted by Crippen LogP contribution is -2.01. The van der Waals surface area contributed by atoms with Crippen molar-refractivity contribution in [2.24, 2.45) is 0 Å². The first-order valence-electron chi connectivity index (χ1n) is 7.82. The van der Waals surface area contributed by atoms with Gasteiger partial charge in [0.05, 0.1) is 23.8 Å². The molecule has 8 heteroatoms. The van der Waals surface area contributed by atoms with Crippen molar-refractivity contribution in [2.45, 2.75) is 19.9 Å². The predicted molar refractivity (Wildman–Crippen MR) is 93.8 cm³/mol. The number of nitrogens with zero attached hydrogens (tertiary/aromatic N) is 4. The maximum atomic E-state index is 13.5. The maximum Gasteiger partial charge on any atom is 0.266 e. The Morgan fingerprint density at radius 3 is 2.73 bits per heavy atom. The SMILES string of the molecule is Cc1csc(Cn2ncc3ncc(-c4ccc(F)c(C(F)F)c4)cc32)n1. The van der Waals surface area contributed by atoms with Crippen molar-refractivity contribution in [2.75, 3.05) is 0 Å². The Morgan fingerprint density at radius 1 is 1.15 bits per heavy atom. The van der Waals surface area contributed by atoms with E-state index in [2.05, 4.69) is 15.1 Å². The zero-order valence-corrected chi connectivity index (χ0v) is 14.5. The van der Waals surface area contributed by atoms with Crippen molar-refractivity contribution in [3.63, 3.8) is 0 Å². The van der Waals surface area contributed by atoms with Gasteiger partial charge < -0.3 is 0 Å². The number of rotatable bonds is 4. The number of fused-ring (bicyclic) bond motifs is 1. The van der Waals surface area contributed by atoms with Crippen LogP contribution >= 0.6 is 11.3 Å². The number of thiazole rings is 1. The van der Waals surface area contributed by atoms with Crippen LogP contribution in [0.3, 0.4) is 0 Å².